The zero-order valence-electron chi connectivity index (χ0n) is 14.3. The predicted molar refractivity (Wildman–Crippen MR) is 90.3 cm³/mol. The van der Waals surface area contributed by atoms with Gasteiger partial charge < -0.3 is 4.90 Å². The van der Waals surface area contributed by atoms with Crippen molar-refractivity contribution in [1.82, 2.24) is 4.90 Å². The highest BCUT2D eigenvalue weighted by Gasteiger charge is 2.21. The monoisotopic (exact) mass is 362 g/mol. The molecular formula is C16H24F2N2O3S. The van der Waals surface area contributed by atoms with Gasteiger partial charge >= 0.3 is 0 Å². The highest BCUT2D eigenvalue weighted by atomic mass is 32.2. The maximum atomic E-state index is 13.4. The molecule has 8 heteroatoms. The van der Waals surface area contributed by atoms with Crippen molar-refractivity contribution >= 4 is 21.6 Å². The molecule has 0 radical (unpaired) electrons. The van der Waals surface area contributed by atoms with Crippen LogP contribution in [0.5, 0.6) is 0 Å². The largest absolute Gasteiger partial charge is 0.343 e. The van der Waals surface area contributed by atoms with Crippen molar-refractivity contribution < 1.29 is 22.0 Å². The van der Waals surface area contributed by atoms with Crippen molar-refractivity contribution in [3.05, 3.63) is 29.8 Å². The molecule has 0 saturated heterocycles. The van der Waals surface area contributed by atoms with Gasteiger partial charge in [-0.05, 0) is 25.0 Å². The lowest BCUT2D eigenvalue weighted by atomic mass is 10.2. The summed E-state index contributed by atoms with van der Waals surface area (Å²) < 4.78 is 51.2. The van der Waals surface area contributed by atoms with E-state index >= 15 is 0 Å². The molecule has 0 fully saturated rings. The minimum atomic E-state index is -3.72. The molecule has 0 saturated carbocycles. The topological polar surface area (TPSA) is 57.7 Å². The molecule has 1 rings (SSSR count). The van der Waals surface area contributed by atoms with E-state index in [1.54, 1.807) is 4.90 Å². The lowest BCUT2D eigenvalue weighted by Crippen LogP contribution is -2.37. The summed E-state index contributed by atoms with van der Waals surface area (Å²) >= 11 is 0. The molecule has 0 bridgehead atoms. The molecule has 0 aliphatic heterocycles. The zero-order valence-corrected chi connectivity index (χ0v) is 15.1. The van der Waals surface area contributed by atoms with Gasteiger partial charge in [0.1, 0.15) is 0 Å². The number of halogens is 2. The summed E-state index contributed by atoms with van der Waals surface area (Å²) in [6, 6.07) is 2.86. The van der Waals surface area contributed by atoms with Crippen LogP contribution in [0.1, 0.15) is 33.1 Å². The van der Waals surface area contributed by atoms with E-state index < -0.39 is 21.7 Å². The molecule has 0 heterocycles. The molecule has 24 heavy (non-hydrogen) atoms. The summed E-state index contributed by atoms with van der Waals surface area (Å²) in [4.78, 5) is 14.0. The third kappa shape index (κ3) is 5.74. The molecule has 5 nitrogen and oxygen atoms in total. The summed E-state index contributed by atoms with van der Waals surface area (Å²) in [6.07, 6.45) is 2.57. The molecule has 0 N–H and O–H groups in total. The van der Waals surface area contributed by atoms with Gasteiger partial charge in [0.15, 0.2) is 11.6 Å². The summed E-state index contributed by atoms with van der Waals surface area (Å²) in [7, 11) is -3.72. The third-order valence-electron chi connectivity index (χ3n) is 3.46. The molecule has 0 aliphatic rings. The molecule has 0 atom stereocenters. The van der Waals surface area contributed by atoms with Gasteiger partial charge in [0, 0.05) is 32.1 Å². The van der Waals surface area contributed by atoms with Crippen LogP contribution < -0.4 is 4.31 Å². The van der Waals surface area contributed by atoms with Crippen molar-refractivity contribution in [3.63, 3.8) is 0 Å². The highest BCUT2D eigenvalue weighted by Crippen LogP contribution is 2.21. The minimum absolute atomic E-state index is 0.00160. The molecule has 136 valence electrons. The second-order valence-electron chi connectivity index (χ2n) is 5.56. The van der Waals surface area contributed by atoms with E-state index in [9.17, 15) is 22.0 Å². The Morgan fingerprint density at radius 1 is 1.04 bits per heavy atom. The number of hydrogen-bond acceptors (Lipinski definition) is 3. The first-order chi connectivity index (χ1) is 11.2. The number of rotatable bonds is 9. The van der Waals surface area contributed by atoms with Crippen LogP contribution >= 0.6 is 0 Å². The van der Waals surface area contributed by atoms with E-state index in [4.69, 9.17) is 0 Å². The Hall–Kier alpha value is -1.70. The second kappa shape index (κ2) is 8.96. The Morgan fingerprint density at radius 3 is 2.08 bits per heavy atom. The first kappa shape index (κ1) is 20.3. The zero-order chi connectivity index (χ0) is 18.3. The smallest absolute Gasteiger partial charge is 0.232 e. The molecule has 1 aromatic carbocycles. The SMILES string of the molecule is CCCN(CCC)C(=O)CCN(c1ccc(F)c(F)c1)S(C)(=O)=O. The van der Waals surface area contributed by atoms with E-state index in [0.717, 1.165) is 35.5 Å². The van der Waals surface area contributed by atoms with Gasteiger partial charge in [-0.2, -0.15) is 0 Å². The first-order valence-corrected chi connectivity index (χ1v) is 9.76. The molecule has 0 aromatic heterocycles. The van der Waals surface area contributed by atoms with Gasteiger partial charge in [-0.25, -0.2) is 17.2 Å². The summed E-state index contributed by atoms with van der Waals surface area (Å²) in [5.74, 6) is -2.35. The van der Waals surface area contributed by atoms with Crippen LogP contribution in [0.15, 0.2) is 18.2 Å². The average Bonchev–Trinajstić information content (AvgIpc) is 2.49. The van der Waals surface area contributed by atoms with Crippen molar-refractivity contribution in [3.8, 4) is 0 Å². The van der Waals surface area contributed by atoms with Crippen molar-refractivity contribution in [1.29, 1.82) is 0 Å². The first-order valence-electron chi connectivity index (χ1n) is 7.91. The Labute approximate surface area is 142 Å². The van der Waals surface area contributed by atoms with E-state index in [1.807, 2.05) is 13.8 Å². The number of nitrogens with zero attached hydrogens (tertiary/aromatic N) is 2. The highest BCUT2D eigenvalue weighted by molar-refractivity contribution is 7.92. The quantitative estimate of drug-likeness (QED) is 0.679. The van der Waals surface area contributed by atoms with E-state index in [-0.39, 0.29) is 24.6 Å². The Morgan fingerprint density at radius 2 is 1.62 bits per heavy atom. The molecular weight excluding hydrogens is 338 g/mol. The van der Waals surface area contributed by atoms with Crippen molar-refractivity contribution in [2.75, 3.05) is 30.2 Å². The number of hydrogen-bond donors (Lipinski definition) is 0. The Kier molecular flexibility index (Phi) is 7.59. The fourth-order valence-electron chi connectivity index (χ4n) is 2.38. The van der Waals surface area contributed by atoms with E-state index in [0.29, 0.717) is 13.1 Å². The fraction of sp³-hybridized carbons (Fsp3) is 0.562. The van der Waals surface area contributed by atoms with Gasteiger partial charge in [0.05, 0.1) is 11.9 Å². The summed E-state index contributed by atoms with van der Waals surface area (Å²) in [5, 5.41) is 0. The van der Waals surface area contributed by atoms with Gasteiger partial charge in [-0.3, -0.25) is 9.10 Å². The van der Waals surface area contributed by atoms with Gasteiger partial charge in [0.2, 0.25) is 15.9 Å². The lowest BCUT2D eigenvalue weighted by Gasteiger charge is -2.25. The average molecular weight is 362 g/mol. The van der Waals surface area contributed by atoms with Crippen LogP contribution in [0.3, 0.4) is 0 Å². The minimum Gasteiger partial charge on any atom is -0.343 e. The van der Waals surface area contributed by atoms with Crippen LogP contribution in [0.25, 0.3) is 0 Å². The number of benzene rings is 1. The number of carbonyl (C=O) groups is 1. The normalized spacial score (nSPS) is 11.4. The van der Waals surface area contributed by atoms with Crippen LogP contribution in [-0.2, 0) is 14.8 Å². The fourth-order valence-corrected chi connectivity index (χ4v) is 3.30. The molecule has 0 unspecified atom stereocenters. The number of sulfonamides is 1. The second-order valence-corrected chi connectivity index (χ2v) is 7.47. The Bertz CT molecular complexity index is 659. The standard InChI is InChI=1S/C16H24F2N2O3S/c1-4-9-19(10-5-2)16(21)8-11-20(24(3,22)23)13-6-7-14(17)15(18)12-13/h6-7,12H,4-5,8-11H2,1-3H3. The van der Waals surface area contributed by atoms with Gasteiger partial charge in [-0.1, -0.05) is 13.8 Å². The summed E-state index contributed by atoms with van der Waals surface area (Å²) in [5.41, 5.74) is 0.00160. The number of amides is 1. The number of carbonyl (C=O) groups excluding carboxylic acids is 1. The maximum Gasteiger partial charge on any atom is 0.232 e. The van der Waals surface area contributed by atoms with E-state index in [2.05, 4.69) is 0 Å². The van der Waals surface area contributed by atoms with Gasteiger partial charge in [-0.15, -0.1) is 0 Å². The number of anilines is 1. The van der Waals surface area contributed by atoms with Crippen LogP contribution in [0, 0.1) is 11.6 Å². The molecule has 0 spiro atoms. The molecule has 1 aromatic rings. The van der Waals surface area contributed by atoms with E-state index in [1.165, 1.54) is 6.07 Å². The predicted octanol–water partition coefficient (Wildman–Crippen LogP) is 2.77. The summed E-state index contributed by atoms with van der Waals surface area (Å²) in [6.45, 7) is 5.01. The third-order valence-corrected chi connectivity index (χ3v) is 4.65. The van der Waals surface area contributed by atoms with Crippen LogP contribution in [0.4, 0.5) is 14.5 Å². The van der Waals surface area contributed by atoms with Crippen molar-refractivity contribution in [2.24, 2.45) is 0 Å². The van der Waals surface area contributed by atoms with Crippen LogP contribution in [0.2, 0.25) is 0 Å². The van der Waals surface area contributed by atoms with Gasteiger partial charge in [0.25, 0.3) is 0 Å². The van der Waals surface area contributed by atoms with Crippen molar-refractivity contribution in [2.45, 2.75) is 33.1 Å². The van der Waals surface area contributed by atoms with Crippen LogP contribution in [-0.4, -0.2) is 45.1 Å². The Balaban J connectivity index is 2.92. The molecule has 0 aliphatic carbocycles. The lowest BCUT2D eigenvalue weighted by molar-refractivity contribution is -0.131. The maximum absolute atomic E-state index is 13.4. The molecule has 1 amide bonds.